The lowest BCUT2D eigenvalue weighted by atomic mass is 9.84. The first-order valence-corrected chi connectivity index (χ1v) is 18.3. The van der Waals surface area contributed by atoms with Gasteiger partial charge >= 0.3 is 0 Å². The molecule has 0 amide bonds. The molecule has 7 nitrogen and oxygen atoms in total. The third-order valence-electron chi connectivity index (χ3n) is 9.48. The number of ether oxygens (including phenoxy) is 5. The van der Waals surface area contributed by atoms with Gasteiger partial charge < -0.3 is 35.2 Å². The Morgan fingerprint density at radius 2 is 0.860 bits per heavy atom. The maximum absolute atomic E-state index is 14.6. The highest BCUT2D eigenvalue weighted by Gasteiger charge is 2.41. The van der Waals surface area contributed by atoms with E-state index in [0.29, 0.717) is 68.5 Å². The Hall–Kier alpha value is -7.26. The summed E-state index contributed by atoms with van der Waals surface area (Å²) in [5.41, 5.74) is 12.2. The summed E-state index contributed by atoms with van der Waals surface area (Å²) in [6, 6.07) is 41.3. The lowest BCUT2D eigenvalue weighted by molar-refractivity contribution is 0.0763. The summed E-state index contributed by atoms with van der Waals surface area (Å²) >= 11 is 0. The summed E-state index contributed by atoms with van der Waals surface area (Å²) < 4.78 is 62.2. The van der Waals surface area contributed by atoms with Gasteiger partial charge in [0.05, 0.1) is 12.8 Å². The van der Waals surface area contributed by atoms with Gasteiger partial charge in [-0.3, -0.25) is 0 Å². The highest BCUT2D eigenvalue weighted by Crippen LogP contribution is 2.47. The van der Waals surface area contributed by atoms with Crippen LogP contribution >= 0.6 is 0 Å². The first kappa shape index (κ1) is 36.7. The van der Waals surface area contributed by atoms with Crippen LogP contribution < -0.4 is 30.4 Å². The minimum atomic E-state index is -1.20. The standard InChI is InChI=1S/C48H38F2N2O5/c49-33-11-5-17-39(27-33)56-47(43-21-1-3-23-45(43)54-37-15-7-13-35(51)29-37)25-9-19-41(31-47)53-42-20-10-26-48(32-42,57-40-18-6-12-34(50)28-40)44-22-2-4-24-46(44)55-38-16-8-14-36(52)30-38/h1-30H,31-32,51-52H2. The number of benzene rings is 6. The zero-order valence-electron chi connectivity index (χ0n) is 30.7. The molecule has 8 rings (SSSR count). The molecule has 6 aromatic rings. The molecule has 4 N–H and O–H groups in total. The molecule has 0 fully saturated rings. The Morgan fingerprint density at radius 3 is 1.30 bits per heavy atom. The van der Waals surface area contributed by atoms with Gasteiger partial charge in [0.15, 0.2) is 11.2 Å². The summed E-state index contributed by atoms with van der Waals surface area (Å²) in [5.74, 6) is 3.00. The Kier molecular flexibility index (Phi) is 10.2. The maximum Gasteiger partial charge on any atom is 0.163 e. The van der Waals surface area contributed by atoms with E-state index in [9.17, 15) is 8.78 Å². The van der Waals surface area contributed by atoms with Crippen LogP contribution in [0.4, 0.5) is 20.2 Å². The summed E-state index contributed by atoms with van der Waals surface area (Å²) in [7, 11) is 0. The van der Waals surface area contributed by atoms with Crippen LogP contribution in [0.5, 0.6) is 34.5 Å². The van der Waals surface area contributed by atoms with Crippen LogP contribution in [-0.4, -0.2) is 0 Å². The van der Waals surface area contributed by atoms with Crippen molar-refractivity contribution in [2.45, 2.75) is 24.0 Å². The van der Waals surface area contributed by atoms with Gasteiger partial charge in [-0.25, -0.2) is 8.78 Å². The smallest absolute Gasteiger partial charge is 0.163 e. The Bertz CT molecular complexity index is 2370. The molecule has 0 heterocycles. The number of nitrogen functional groups attached to an aromatic ring is 2. The lowest BCUT2D eigenvalue weighted by Gasteiger charge is -2.38. The molecule has 0 spiro atoms. The predicted octanol–water partition coefficient (Wildman–Crippen LogP) is 11.7. The van der Waals surface area contributed by atoms with E-state index in [-0.39, 0.29) is 12.8 Å². The first-order chi connectivity index (χ1) is 27.7. The number of para-hydroxylation sites is 2. The normalized spacial score (nSPS) is 18.6. The Labute approximate surface area is 329 Å². The van der Waals surface area contributed by atoms with Crippen molar-refractivity contribution in [2.24, 2.45) is 0 Å². The van der Waals surface area contributed by atoms with Gasteiger partial charge in [0.2, 0.25) is 0 Å². The molecular formula is C48H38F2N2O5. The van der Waals surface area contributed by atoms with Gasteiger partial charge in [-0.2, -0.15) is 0 Å². The molecule has 0 bridgehead atoms. The van der Waals surface area contributed by atoms with Crippen LogP contribution in [0.3, 0.4) is 0 Å². The highest BCUT2D eigenvalue weighted by molar-refractivity contribution is 5.52. The number of anilines is 2. The molecule has 2 atom stereocenters. The third kappa shape index (κ3) is 8.38. The molecule has 284 valence electrons. The van der Waals surface area contributed by atoms with Gasteiger partial charge in [-0.1, -0.05) is 72.8 Å². The van der Waals surface area contributed by atoms with Crippen LogP contribution in [0.25, 0.3) is 0 Å². The molecule has 0 saturated heterocycles. The first-order valence-electron chi connectivity index (χ1n) is 18.3. The number of rotatable bonds is 12. The fourth-order valence-electron chi connectivity index (χ4n) is 7.01. The summed E-state index contributed by atoms with van der Waals surface area (Å²) in [6.07, 6.45) is 11.6. The van der Waals surface area contributed by atoms with Crippen molar-refractivity contribution in [1.29, 1.82) is 0 Å². The average Bonchev–Trinajstić information content (AvgIpc) is 3.19. The zero-order chi connectivity index (χ0) is 39.2. The van der Waals surface area contributed by atoms with E-state index in [0.717, 1.165) is 0 Å². The van der Waals surface area contributed by atoms with Crippen molar-refractivity contribution in [3.8, 4) is 34.5 Å². The van der Waals surface area contributed by atoms with Crippen LogP contribution in [0.15, 0.2) is 194 Å². The fraction of sp³-hybridized carbons (Fsp3) is 0.0833. The Balaban J connectivity index is 1.14. The number of hydrogen-bond acceptors (Lipinski definition) is 7. The van der Waals surface area contributed by atoms with Gasteiger partial charge in [0, 0.05) is 46.8 Å². The van der Waals surface area contributed by atoms with E-state index in [1.807, 2.05) is 109 Å². The summed E-state index contributed by atoms with van der Waals surface area (Å²) in [6.45, 7) is 0. The molecule has 57 heavy (non-hydrogen) atoms. The molecule has 2 unspecified atom stereocenters. The molecular weight excluding hydrogens is 723 g/mol. The molecule has 0 aromatic heterocycles. The van der Waals surface area contributed by atoms with Gasteiger partial charge in [-0.05, 0) is 85.0 Å². The van der Waals surface area contributed by atoms with Crippen LogP contribution in [0.1, 0.15) is 24.0 Å². The largest absolute Gasteiger partial charge is 0.478 e. The van der Waals surface area contributed by atoms with E-state index >= 15 is 0 Å². The van der Waals surface area contributed by atoms with Crippen molar-refractivity contribution in [1.82, 2.24) is 0 Å². The molecule has 0 saturated carbocycles. The second-order valence-electron chi connectivity index (χ2n) is 13.7. The monoisotopic (exact) mass is 760 g/mol. The number of halogens is 2. The van der Waals surface area contributed by atoms with Gasteiger partial charge in [-0.15, -0.1) is 0 Å². The topological polar surface area (TPSA) is 98.2 Å². The second-order valence-corrected chi connectivity index (χ2v) is 13.7. The van der Waals surface area contributed by atoms with Crippen LogP contribution in [0, 0.1) is 11.6 Å². The molecule has 6 aromatic carbocycles. The molecule has 0 radical (unpaired) electrons. The highest BCUT2D eigenvalue weighted by atomic mass is 19.1. The van der Waals surface area contributed by atoms with Crippen molar-refractivity contribution in [2.75, 3.05) is 11.5 Å². The zero-order valence-corrected chi connectivity index (χ0v) is 30.7. The van der Waals surface area contributed by atoms with Crippen LogP contribution in [-0.2, 0) is 15.9 Å². The predicted molar refractivity (Wildman–Crippen MR) is 217 cm³/mol. The average molecular weight is 761 g/mol. The van der Waals surface area contributed by atoms with Crippen molar-refractivity contribution < 1.29 is 32.5 Å². The molecule has 2 aliphatic rings. The van der Waals surface area contributed by atoms with Gasteiger partial charge in [0.25, 0.3) is 0 Å². The summed E-state index contributed by atoms with van der Waals surface area (Å²) in [4.78, 5) is 0. The molecule has 0 aliphatic heterocycles. The Morgan fingerprint density at radius 1 is 0.439 bits per heavy atom. The fourth-order valence-corrected chi connectivity index (χ4v) is 7.01. The lowest BCUT2D eigenvalue weighted by Crippen LogP contribution is -2.35. The van der Waals surface area contributed by atoms with Crippen molar-refractivity contribution >= 4 is 11.4 Å². The second kappa shape index (κ2) is 15.8. The van der Waals surface area contributed by atoms with Gasteiger partial charge in [0.1, 0.15) is 57.6 Å². The SMILES string of the molecule is Nc1cccc(Oc2ccccc2C2(Oc3cccc(F)c3)C=CC=C(OC3=CC=CC(Oc4cccc(F)c4)(c4ccccc4Oc4cccc(N)c4)C3)C2)c1. The number of hydrogen-bond donors (Lipinski definition) is 2. The van der Waals surface area contributed by atoms with Crippen molar-refractivity contribution in [3.05, 3.63) is 216 Å². The minimum Gasteiger partial charge on any atom is -0.478 e. The third-order valence-corrected chi connectivity index (χ3v) is 9.48. The summed E-state index contributed by atoms with van der Waals surface area (Å²) in [5, 5.41) is 0. The maximum atomic E-state index is 14.6. The van der Waals surface area contributed by atoms with E-state index in [1.54, 1.807) is 48.5 Å². The van der Waals surface area contributed by atoms with E-state index < -0.39 is 22.8 Å². The molecule has 2 aliphatic carbocycles. The molecule has 9 heteroatoms. The quantitative estimate of drug-likeness (QED) is 0.120. The minimum absolute atomic E-state index is 0.200. The van der Waals surface area contributed by atoms with Crippen molar-refractivity contribution in [3.63, 3.8) is 0 Å². The van der Waals surface area contributed by atoms with E-state index in [1.165, 1.54) is 24.3 Å². The van der Waals surface area contributed by atoms with E-state index in [2.05, 4.69) is 0 Å². The number of nitrogens with two attached hydrogens (primary N) is 2. The van der Waals surface area contributed by atoms with Crippen LogP contribution in [0.2, 0.25) is 0 Å². The van der Waals surface area contributed by atoms with E-state index in [4.69, 9.17) is 35.2 Å². The number of allylic oxidation sites excluding steroid dienone is 4.